The van der Waals surface area contributed by atoms with Crippen molar-refractivity contribution < 1.29 is 4.74 Å². The Morgan fingerprint density at radius 3 is 2.12 bits per heavy atom. The first kappa shape index (κ1) is 21.9. The van der Waals surface area contributed by atoms with E-state index in [1.54, 1.807) is 7.11 Å². The molecule has 0 amide bonds. The molecule has 0 spiro atoms. The van der Waals surface area contributed by atoms with Crippen LogP contribution < -0.4 is 30.7 Å². The summed E-state index contributed by atoms with van der Waals surface area (Å²) >= 11 is 0. The van der Waals surface area contributed by atoms with Crippen molar-refractivity contribution in [2.24, 2.45) is 0 Å². The molecule has 3 aromatic rings. The fraction of sp³-hybridized carbons (Fsp3) is 0.360. The van der Waals surface area contributed by atoms with E-state index in [0.29, 0.717) is 31.0 Å². The molecule has 0 aromatic heterocycles. The van der Waals surface area contributed by atoms with Gasteiger partial charge in [-0.3, -0.25) is 9.59 Å². The zero-order valence-electron chi connectivity index (χ0n) is 18.9. The van der Waals surface area contributed by atoms with Gasteiger partial charge in [0, 0.05) is 38.4 Å². The number of para-hydroxylation sites is 1. The quantitative estimate of drug-likeness (QED) is 0.546. The van der Waals surface area contributed by atoms with E-state index in [1.807, 2.05) is 61.5 Å². The molecule has 0 aliphatic carbocycles. The summed E-state index contributed by atoms with van der Waals surface area (Å²) in [4.78, 5) is 31.2. The Morgan fingerprint density at radius 2 is 1.53 bits per heavy atom. The molecule has 0 saturated carbocycles. The number of nitrogens with zero attached hydrogens (tertiary/aromatic N) is 3. The SMILES string of the molecule is COc1ccc([C@H](CNc2c(N3CCN(c4ccccc4)CC3)c(=O)c2=O)N(C)C)cc1. The van der Waals surface area contributed by atoms with Crippen LogP contribution in [-0.4, -0.2) is 58.8 Å². The maximum atomic E-state index is 12.4. The van der Waals surface area contributed by atoms with Gasteiger partial charge in [0.25, 0.3) is 10.9 Å². The molecule has 7 heteroatoms. The van der Waals surface area contributed by atoms with E-state index in [9.17, 15) is 9.59 Å². The van der Waals surface area contributed by atoms with Gasteiger partial charge >= 0.3 is 0 Å². The van der Waals surface area contributed by atoms with Crippen molar-refractivity contribution in [1.29, 1.82) is 0 Å². The molecule has 1 aliphatic rings. The summed E-state index contributed by atoms with van der Waals surface area (Å²) in [5.74, 6) is 0.804. The van der Waals surface area contributed by atoms with Crippen LogP contribution in [0.4, 0.5) is 17.1 Å². The molecule has 1 N–H and O–H groups in total. The summed E-state index contributed by atoms with van der Waals surface area (Å²) < 4.78 is 5.25. The molecule has 1 aliphatic heterocycles. The first-order chi connectivity index (χ1) is 15.5. The van der Waals surface area contributed by atoms with Gasteiger partial charge in [-0.25, -0.2) is 0 Å². The lowest BCUT2D eigenvalue weighted by Crippen LogP contribution is -2.51. The van der Waals surface area contributed by atoms with Gasteiger partial charge in [-0.05, 0) is 43.9 Å². The van der Waals surface area contributed by atoms with Gasteiger partial charge in [-0.1, -0.05) is 30.3 Å². The number of hydrogen-bond donors (Lipinski definition) is 1. The number of nitrogens with one attached hydrogen (secondary N) is 1. The molecule has 0 unspecified atom stereocenters. The molecule has 7 nitrogen and oxygen atoms in total. The van der Waals surface area contributed by atoms with Crippen molar-refractivity contribution in [2.75, 3.05) is 69.0 Å². The van der Waals surface area contributed by atoms with Crippen LogP contribution in [0, 0.1) is 0 Å². The largest absolute Gasteiger partial charge is 0.497 e. The Labute approximate surface area is 188 Å². The number of piperazine rings is 1. The minimum Gasteiger partial charge on any atom is -0.497 e. The number of hydrogen-bond acceptors (Lipinski definition) is 7. The molecule has 1 atom stereocenters. The van der Waals surface area contributed by atoms with Gasteiger partial charge in [0.05, 0.1) is 13.2 Å². The zero-order chi connectivity index (χ0) is 22.7. The number of benzene rings is 2. The van der Waals surface area contributed by atoms with Gasteiger partial charge < -0.3 is 24.8 Å². The minimum atomic E-state index is -0.419. The second-order valence-corrected chi connectivity index (χ2v) is 8.32. The van der Waals surface area contributed by atoms with Gasteiger partial charge in [0.1, 0.15) is 17.1 Å². The van der Waals surface area contributed by atoms with E-state index in [4.69, 9.17) is 4.74 Å². The third kappa shape index (κ3) is 4.34. The summed E-state index contributed by atoms with van der Waals surface area (Å²) in [6, 6.07) is 18.2. The molecule has 4 rings (SSSR count). The average Bonchev–Trinajstić information content (AvgIpc) is 2.84. The van der Waals surface area contributed by atoms with Crippen LogP contribution in [0.25, 0.3) is 0 Å². The molecule has 168 valence electrons. The lowest BCUT2D eigenvalue weighted by atomic mass is 10.0. The van der Waals surface area contributed by atoms with Crippen molar-refractivity contribution in [2.45, 2.75) is 6.04 Å². The highest BCUT2D eigenvalue weighted by Crippen LogP contribution is 2.26. The number of anilines is 3. The van der Waals surface area contributed by atoms with E-state index in [-0.39, 0.29) is 11.5 Å². The van der Waals surface area contributed by atoms with Crippen LogP contribution in [0.15, 0.2) is 64.2 Å². The monoisotopic (exact) mass is 434 g/mol. The van der Waals surface area contributed by atoms with E-state index in [1.165, 1.54) is 5.69 Å². The third-order valence-electron chi connectivity index (χ3n) is 6.20. The molecule has 1 saturated heterocycles. The van der Waals surface area contributed by atoms with Crippen molar-refractivity contribution in [3.8, 4) is 5.75 Å². The predicted molar refractivity (Wildman–Crippen MR) is 130 cm³/mol. The Morgan fingerprint density at radius 1 is 0.906 bits per heavy atom. The number of rotatable bonds is 8. The first-order valence-electron chi connectivity index (χ1n) is 10.9. The number of ether oxygens (including phenoxy) is 1. The van der Waals surface area contributed by atoms with Crippen LogP contribution in [0.3, 0.4) is 0 Å². The van der Waals surface area contributed by atoms with Crippen LogP contribution in [0.1, 0.15) is 11.6 Å². The standard InChI is InChI=1S/C25H30N4O3/c1-27(2)21(18-9-11-20(32-3)12-10-18)17-26-22-23(25(31)24(22)30)29-15-13-28(14-16-29)19-7-5-4-6-8-19/h4-12,21,26H,13-17H2,1-3H3/t21-/m0/s1. The highest BCUT2D eigenvalue weighted by Gasteiger charge is 2.29. The zero-order valence-corrected chi connectivity index (χ0v) is 18.9. The van der Waals surface area contributed by atoms with Gasteiger partial charge in [-0.2, -0.15) is 0 Å². The lowest BCUT2D eigenvalue weighted by molar-refractivity contribution is 0.311. The maximum absolute atomic E-state index is 12.4. The Balaban J connectivity index is 1.44. The van der Waals surface area contributed by atoms with Gasteiger partial charge in [0.2, 0.25) is 0 Å². The van der Waals surface area contributed by atoms with Crippen molar-refractivity contribution >= 4 is 17.1 Å². The molecule has 32 heavy (non-hydrogen) atoms. The first-order valence-corrected chi connectivity index (χ1v) is 10.9. The van der Waals surface area contributed by atoms with Crippen LogP contribution in [0.2, 0.25) is 0 Å². The second kappa shape index (κ2) is 9.44. The van der Waals surface area contributed by atoms with Crippen LogP contribution in [0.5, 0.6) is 5.75 Å². The molecule has 0 bridgehead atoms. The van der Waals surface area contributed by atoms with Crippen molar-refractivity contribution in [3.05, 3.63) is 80.6 Å². The summed E-state index contributed by atoms with van der Waals surface area (Å²) in [7, 11) is 5.65. The van der Waals surface area contributed by atoms with Gasteiger partial charge in [0.15, 0.2) is 0 Å². The van der Waals surface area contributed by atoms with E-state index < -0.39 is 5.43 Å². The maximum Gasteiger partial charge on any atom is 0.253 e. The van der Waals surface area contributed by atoms with Crippen LogP contribution >= 0.6 is 0 Å². The van der Waals surface area contributed by atoms with Gasteiger partial charge in [-0.15, -0.1) is 0 Å². The molecule has 3 aromatic carbocycles. The fourth-order valence-electron chi connectivity index (χ4n) is 4.30. The summed E-state index contributed by atoms with van der Waals surface area (Å²) in [5, 5.41) is 3.28. The number of likely N-dealkylation sites (N-methyl/N-ethyl adjacent to an activating group) is 1. The highest BCUT2D eigenvalue weighted by atomic mass is 16.5. The third-order valence-corrected chi connectivity index (χ3v) is 6.20. The Kier molecular flexibility index (Phi) is 6.46. The molecule has 1 heterocycles. The summed E-state index contributed by atoms with van der Waals surface area (Å²) in [5.41, 5.74) is 2.48. The van der Waals surface area contributed by atoms with Crippen molar-refractivity contribution in [1.82, 2.24) is 4.90 Å². The Hall–Kier alpha value is -3.32. The normalized spacial score (nSPS) is 15.2. The molecule has 1 fully saturated rings. The summed E-state index contributed by atoms with van der Waals surface area (Å²) in [6.07, 6.45) is 0. The second-order valence-electron chi connectivity index (χ2n) is 8.32. The van der Waals surface area contributed by atoms with Crippen molar-refractivity contribution in [3.63, 3.8) is 0 Å². The Bertz CT molecular complexity index is 1100. The highest BCUT2D eigenvalue weighted by molar-refractivity contribution is 5.75. The molecular weight excluding hydrogens is 404 g/mol. The van der Waals surface area contributed by atoms with Crippen LogP contribution in [-0.2, 0) is 0 Å². The summed E-state index contributed by atoms with van der Waals surface area (Å²) in [6.45, 7) is 3.58. The minimum absolute atomic E-state index is 0.0492. The van der Waals surface area contributed by atoms with E-state index >= 15 is 0 Å². The van der Waals surface area contributed by atoms with E-state index in [2.05, 4.69) is 27.2 Å². The lowest BCUT2D eigenvalue weighted by Gasteiger charge is -2.38. The smallest absolute Gasteiger partial charge is 0.253 e. The molecular formula is C25H30N4O3. The average molecular weight is 435 g/mol. The fourth-order valence-corrected chi connectivity index (χ4v) is 4.30. The van der Waals surface area contributed by atoms with E-state index in [0.717, 1.165) is 24.4 Å². The number of methoxy groups -OCH3 is 1. The topological polar surface area (TPSA) is 65.1 Å². The molecule has 0 radical (unpaired) electrons. The predicted octanol–water partition coefficient (Wildman–Crippen LogP) is 2.33.